The van der Waals surface area contributed by atoms with Crippen molar-refractivity contribution in [1.29, 1.82) is 5.26 Å². The van der Waals surface area contributed by atoms with Crippen molar-refractivity contribution < 1.29 is 9.18 Å². The van der Waals surface area contributed by atoms with E-state index in [-0.39, 0.29) is 5.71 Å². The van der Waals surface area contributed by atoms with E-state index in [2.05, 4.69) is 25.9 Å². The van der Waals surface area contributed by atoms with E-state index in [1.54, 1.807) is 12.3 Å². The lowest BCUT2D eigenvalue weighted by molar-refractivity contribution is -0.120. The Morgan fingerprint density at radius 1 is 1.16 bits per heavy atom. The minimum absolute atomic E-state index is 0.176. The molecule has 4 rings (SSSR count). The van der Waals surface area contributed by atoms with Crippen molar-refractivity contribution in [3.63, 3.8) is 0 Å². The zero-order valence-corrected chi connectivity index (χ0v) is 13.8. The fourth-order valence-corrected chi connectivity index (χ4v) is 3.70. The van der Waals surface area contributed by atoms with Crippen molar-refractivity contribution >= 4 is 23.4 Å². The molecule has 0 radical (unpaired) electrons. The average Bonchev–Trinajstić information content (AvgIpc) is 3.18. The summed E-state index contributed by atoms with van der Waals surface area (Å²) in [5.74, 6) is 1.30. The number of anilines is 1. The predicted octanol–water partition coefficient (Wildman–Crippen LogP) is 1.02. The normalized spacial score (nSPS) is 28.5. The number of aromatic nitrogens is 1. The Bertz CT molecular complexity index is 797. The monoisotopic (exact) mass is 340 g/mol. The number of halogens is 1. The fourth-order valence-electron chi connectivity index (χ4n) is 3.70. The predicted molar refractivity (Wildman–Crippen MR) is 90.2 cm³/mol. The van der Waals surface area contributed by atoms with Crippen molar-refractivity contribution in [3.05, 3.63) is 23.9 Å². The number of aliphatic imine (C=N–C) groups is 2. The molecule has 0 spiro atoms. The first kappa shape index (κ1) is 15.7. The van der Waals surface area contributed by atoms with E-state index in [4.69, 9.17) is 5.26 Å². The van der Waals surface area contributed by atoms with Crippen LogP contribution < -0.4 is 4.90 Å². The number of nitrogens with zero attached hydrogens (tertiary/aromatic N) is 6. The van der Waals surface area contributed by atoms with Crippen molar-refractivity contribution in [2.45, 2.75) is 13.1 Å². The molecule has 1 aromatic rings. The van der Waals surface area contributed by atoms with E-state index in [1.165, 1.54) is 6.92 Å². The van der Waals surface area contributed by atoms with Crippen LogP contribution in [0.15, 0.2) is 28.3 Å². The van der Waals surface area contributed by atoms with E-state index in [0.29, 0.717) is 23.4 Å². The van der Waals surface area contributed by atoms with Gasteiger partial charge in [0.2, 0.25) is 12.1 Å². The van der Waals surface area contributed by atoms with Gasteiger partial charge in [-0.3, -0.25) is 4.79 Å². The number of fused-ring (bicyclic) bond motifs is 1. The minimum atomic E-state index is -1.70. The maximum absolute atomic E-state index is 13.5. The van der Waals surface area contributed by atoms with Crippen LogP contribution in [0.2, 0.25) is 0 Å². The summed E-state index contributed by atoms with van der Waals surface area (Å²) in [4.78, 5) is 28.1. The Morgan fingerprint density at radius 3 is 2.40 bits per heavy atom. The molecule has 0 aromatic carbocycles. The van der Waals surface area contributed by atoms with Gasteiger partial charge in [-0.2, -0.15) is 10.3 Å². The Balaban J connectivity index is 1.43. The smallest absolute Gasteiger partial charge is 0.289 e. The Morgan fingerprint density at radius 2 is 1.84 bits per heavy atom. The number of carbonyl (C=O) groups excluding carboxylic acids is 1. The van der Waals surface area contributed by atoms with Crippen molar-refractivity contribution in [2.75, 3.05) is 31.1 Å². The number of pyridine rings is 1. The van der Waals surface area contributed by atoms with Crippen LogP contribution in [0.25, 0.3) is 0 Å². The third kappa shape index (κ3) is 2.76. The van der Waals surface area contributed by atoms with Gasteiger partial charge in [0.15, 0.2) is 0 Å². The summed E-state index contributed by atoms with van der Waals surface area (Å²) in [5.41, 5.74) is 0.726. The Hall–Kier alpha value is -2.82. The highest BCUT2D eigenvalue weighted by Crippen LogP contribution is 2.33. The third-order valence-corrected chi connectivity index (χ3v) is 5.04. The lowest BCUT2D eigenvalue weighted by Crippen LogP contribution is -2.38. The lowest BCUT2D eigenvalue weighted by atomic mass is 10.0. The molecule has 3 aliphatic heterocycles. The molecular formula is C17H17FN6O. The second-order valence-electron chi connectivity index (χ2n) is 6.71. The summed E-state index contributed by atoms with van der Waals surface area (Å²) in [7, 11) is 0. The number of nitriles is 1. The Labute approximate surface area is 144 Å². The van der Waals surface area contributed by atoms with Gasteiger partial charge in [0, 0.05) is 44.2 Å². The molecule has 8 heteroatoms. The van der Waals surface area contributed by atoms with E-state index in [9.17, 15) is 9.18 Å². The molecule has 0 N–H and O–H groups in total. The van der Waals surface area contributed by atoms with Gasteiger partial charge < -0.3 is 9.80 Å². The minimum Gasteiger partial charge on any atom is -0.356 e. The van der Waals surface area contributed by atoms with Crippen LogP contribution in [0.5, 0.6) is 0 Å². The highest BCUT2D eigenvalue weighted by molar-refractivity contribution is 6.16. The summed E-state index contributed by atoms with van der Waals surface area (Å²) in [6.07, 6.45) is -0.119. The van der Waals surface area contributed by atoms with E-state index in [1.807, 2.05) is 11.0 Å². The highest BCUT2D eigenvalue weighted by atomic mass is 19.1. The standard InChI is InChI=1S/C17H17FN6O/c1-10-15(18)16(25)22-17(21-10)24-8-12-6-23(7-13(12)9-24)14-3-2-11(4-19)5-20-14/h2-3,5,12-13,15H,6-9H2,1H3. The zero-order valence-electron chi connectivity index (χ0n) is 13.8. The molecule has 0 aliphatic carbocycles. The Kier molecular flexibility index (Phi) is 3.71. The summed E-state index contributed by atoms with van der Waals surface area (Å²) < 4.78 is 13.5. The first-order valence-electron chi connectivity index (χ1n) is 8.23. The first-order valence-corrected chi connectivity index (χ1v) is 8.23. The van der Waals surface area contributed by atoms with Crippen LogP contribution in [0.3, 0.4) is 0 Å². The van der Waals surface area contributed by atoms with E-state index in [0.717, 1.165) is 32.0 Å². The summed E-state index contributed by atoms with van der Waals surface area (Å²) in [6, 6.07) is 5.71. The largest absolute Gasteiger partial charge is 0.356 e. The van der Waals surface area contributed by atoms with Gasteiger partial charge in [0.05, 0.1) is 11.3 Å². The average molecular weight is 340 g/mol. The van der Waals surface area contributed by atoms with E-state index < -0.39 is 12.1 Å². The van der Waals surface area contributed by atoms with Gasteiger partial charge in [0.1, 0.15) is 11.9 Å². The molecule has 128 valence electrons. The number of likely N-dealkylation sites (tertiary alicyclic amines) is 1. The van der Waals surface area contributed by atoms with Crippen LogP contribution in [0.4, 0.5) is 10.2 Å². The maximum Gasteiger partial charge on any atom is 0.289 e. The maximum atomic E-state index is 13.5. The molecule has 3 unspecified atom stereocenters. The molecule has 2 saturated heterocycles. The molecule has 25 heavy (non-hydrogen) atoms. The molecule has 7 nitrogen and oxygen atoms in total. The number of amides is 1. The van der Waals surface area contributed by atoms with Crippen molar-refractivity contribution in [3.8, 4) is 6.07 Å². The molecule has 0 saturated carbocycles. The second kappa shape index (κ2) is 5.92. The van der Waals surface area contributed by atoms with Crippen molar-refractivity contribution in [1.82, 2.24) is 9.88 Å². The zero-order chi connectivity index (χ0) is 17.6. The van der Waals surface area contributed by atoms with Crippen LogP contribution in [-0.4, -0.2) is 59.8 Å². The number of guanidine groups is 1. The van der Waals surface area contributed by atoms with Gasteiger partial charge in [-0.05, 0) is 19.1 Å². The topological polar surface area (TPSA) is 84.9 Å². The van der Waals surface area contributed by atoms with Gasteiger partial charge in [-0.25, -0.2) is 14.4 Å². The van der Waals surface area contributed by atoms with Gasteiger partial charge >= 0.3 is 0 Å². The second-order valence-corrected chi connectivity index (χ2v) is 6.71. The van der Waals surface area contributed by atoms with Gasteiger partial charge in [0.25, 0.3) is 5.91 Å². The first-order chi connectivity index (χ1) is 12.0. The summed E-state index contributed by atoms with van der Waals surface area (Å²) in [6.45, 7) is 4.73. The van der Waals surface area contributed by atoms with E-state index >= 15 is 0 Å². The number of carbonyl (C=O) groups is 1. The van der Waals surface area contributed by atoms with Gasteiger partial charge in [-0.1, -0.05) is 0 Å². The number of hydrogen-bond donors (Lipinski definition) is 0. The molecule has 1 aromatic heterocycles. The van der Waals surface area contributed by atoms with Gasteiger partial charge in [-0.15, -0.1) is 0 Å². The number of hydrogen-bond acceptors (Lipinski definition) is 6. The van der Waals surface area contributed by atoms with Crippen LogP contribution >= 0.6 is 0 Å². The summed E-state index contributed by atoms with van der Waals surface area (Å²) >= 11 is 0. The third-order valence-electron chi connectivity index (χ3n) is 5.04. The van der Waals surface area contributed by atoms with Crippen LogP contribution in [0.1, 0.15) is 12.5 Å². The molecule has 3 aliphatic rings. The SMILES string of the molecule is CC1=NC(N2CC3CN(c4ccc(C#N)cn4)CC3C2)=NC(=O)C1F. The summed E-state index contributed by atoms with van der Waals surface area (Å²) in [5, 5.41) is 8.85. The highest BCUT2D eigenvalue weighted by Gasteiger charge is 2.42. The van der Waals surface area contributed by atoms with Crippen molar-refractivity contribution in [2.24, 2.45) is 21.8 Å². The lowest BCUT2D eigenvalue weighted by Gasteiger charge is -2.24. The molecule has 0 bridgehead atoms. The quantitative estimate of drug-likeness (QED) is 0.762. The van der Waals surface area contributed by atoms with Crippen LogP contribution in [-0.2, 0) is 4.79 Å². The molecule has 3 atom stereocenters. The molecule has 1 amide bonds. The molecular weight excluding hydrogens is 323 g/mol. The molecule has 4 heterocycles. The molecule has 2 fully saturated rings. The number of rotatable bonds is 1. The fraction of sp³-hybridized carbons (Fsp3) is 0.471. The number of alkyl halides is 1. The van der Waals surface area contributed by atoms with Crippen LogP contribution in [0, 0.1) is 23.2 Å².